The molecule has 0 aliphatic heterocycles. The van der Waals surface area contributed by atoms with E-state index in [-0.39, 0.29) is 18.5 Å². The number of unbranched alkanes of at least 4 members (excludes halogenated alkanes) is 52. The third-order valence-corrected chi connectivity index (χ3v) is 16.7. The molecule has 0 rings (SSSR count). The standard InChI is InChI=1S/C73H139NO5/c1-3-5-7-9-11-13-15-17-19-34-37-41-45-49-53-57-61-65-71(76)70(69-75)74-72(77)66-62-58-54-50-46-42-38-35-32-30-28-26-24-22-21-23-25-27-29-31-33-36-40-44-48-52-56-60-64-68-79-73(78)67-63-59-55-51-47-43-39-20-18-16-14-12-10-8-6-4-2/h21,23,27,29,61,65,70-71,75-76H,3-20,22,24-26,28,30-60,62-64,66-69H2,1-2H3,(H,74,77)/b23-21-,29-27-,65-61+. The predicted molar refractivity (Wildman–Crippen MR) is 347 cm³/mol. The van der Waals surface area contributed by atoms with Crippen molar-refractivity contribution in [3.05, 3.63) is 36.5 Å². The molecule has 0 saturated heterocycles. The molecule has 79 heavy (non-hydrogen) atoms. The van der Waals surface area contributed by atoms with Gasteiger partial charge in [0.15, 0.2) is 0 Å². The summed E-state index contributed by atoms with van der Waals surface area (Å²) in [6.45, 7) is 4.94. The van der Waals surface area contributed by atoms with E-state index in [4.69, 9.17) is 4.74 Å². The Morgan fingerprint density at radius 2 is 0.633 bits per heavy atom. The first kappa shape index (κ1) is 77.1. The minimum atomic E-state index is -0.846. The van der Waals surface area contributed by atoms with Crippen molar-refractivity contribution in [1.82, 2.24) is 5.32 Å². The van der Waals surface area contributed by atoms with Gasteiger partial charge in [-0.15, -0.1) is 0 Å². The van der Waals surface area contributed by atoms with E-state index in [9.17, 15) is 19.8 Å². The molecule has 3 N–H and O–H groups in total. The Hall–Kier alpha value is -1.92. The summed E-state index contributed by atoms with van der Waals surface area (Å²) in [6.07, 6.45) is 88.0. The molecule has 466 valence electrons. The highest BCUT2D eigenvalue weighted by atomic mass is 16.5. The fraction of sp³-hybridized carbons (Fsp3) is 0.890. The van der Waals surface area contributed by atoms with Gasteiger partial charge in [-0.3, -0.25) is 9.59 Å². The van der Waals surface area contributed by atoms with Crippen molar-refractivity contribution in [2.24, 2.45) is 0 Å². The summed E-state index contributed by atoms with van der Waals surface area (Å²) in [5.74, 6) is -0.0507. The molecule has 0 saturated carbocycles. The number of esters is 1. The average Bonchev–Trinajstić information content (AvgIpc) is 3.45. The van der Waals surface area contributed by atoms with Crippen LogP contribution in [0.25, 0.3) is 0 Å². The Bertz CT molecular complexity index is 1280. The van der Waals surface area contributed by atoms with Gasteiger partial charge in [0, 0.05) is 12.8 Å². The summed E-state index contributed by atoms with van der Waals surface area (Å²) < 4.78 is 5.50. The van der Waals surface area contributed by atoms with E-state index < -0.39 is 12.1 Å². The number of aliphatic hydroxyl groups excluding tert-OH is 2. The molecule has 0 spiro atoms. The molecule has 0 bridgehead atoms. The lowest BCUT2D eigenvalue weighted by Crippen LogP contribution is -2.45. The van der Waals surface area contributed by atoms with Gasteiger partial charge >= 0.3 is 5.97 Å². The summed E-state index contributed by atoms with van der Waals surface area (Å²) in [7, 11) is 0. The number of allylic oxidation sites excluding steroid dienone is 5. The van der Waals surface area contributed by atoms with Crippen molar-refractivity contribution in [2.45, 2.75) is 405 Å². The maximum absolute atomic E-state index is 12.5. The van der Waals surface area contributed by atoms with E-state index >= 15 is 0 Å². The van der Waals surface area contributed by atoms with Crippen LogP contribution in [0.3, 0.4) is 0 Å². The number of carbonyl (C=O) groups is 2. The highest BCUT2D eigenvalue weighted by Crippen LogP contribution is 2.18. The Labute approximate surface area is 494 Å². The fourth-order valence-corrected chi connectivity index (χ4v) is 11.2. The van der Waals surface area contributed by atoms with Crippen LogP contribution in [0.5, 0.6) is 0 Å². The average molecular weight is 1110 g/mol. The van der Waals surface area contributed by atoms with Crippen LogP contribution in [0, 0.1) is 0 Å². The van der Waals surface area contributed by atoms with E-state index in [2.05, 4.69) is 43.5 Å². The zero-order valence-electron chi connectivity index (χ0n) is 53.4. The zero-order chi connectivity index (χ0) is 57.1. The second-order valence-electron chi connectivity index (χ2n) is 24.6. The van der Waals surface area contributed by atoms with Crippen LogP contribution in [0.1, 0.15) is 393 Å². The molecule has 0 aromatic heterocycles. The molecular weight excluding hydrogens is 971 g/mol. The number of rotatable bonds is 67. The lowest BCUT2D eigenvalue weighted by atomic mass is 10.0. The molecule has 0 heterocycles. The number of aliphatic hydroxyl groups is 2. The summed E-state index contributed by atoms with van der Waals surface area (Å²) in [5.41, 5.74) is 0. The van der Waals surface area contributed by atoms with Gasteiger partial charge in [0.05, 0.1) is 25.4 Å². The van der Waals surface area contributed by atoms with Crippen molar-refractivity contribution < 1.29 is 24.5 Å². The van der Waals surface area contributed by atoms with Crippen molar-refractivity contribution >= 4 is 11.9 Å². The van der Waals surface area contributed by atoms with E-state index in [1.165, 1.54) is 321 Å². The van der Waals surface area contributed by atoms with E-state index in [1.54, 1.807) is 6.08 Å². The van der Waals surface area contributed by atoms with E-state index in [0.717, 1.165) is 44.9 Å². The molecule has 6 nitrogen and oxygen atoms in total. The molecule has 0 aliphatic carbocycles. The minimum Gasteiger partial charge on any atom is -0.466 e. The third kappa shape index (κ3) is 65.1. The van der Waals surface area contributed by atoms with Crippen LogP contribution in [-0.4, -0.2) is 47.4 Å². The number of hydrogen-bond donors (Lipinski definition) is 3. The first-order valence-electron chi connectivity index (χ1n) is 35.8. The molecule has 6 heteroatoms. The molecule has 0 aromatic carbocycles. The monoisotopic (exact) mass is 1110 g/mol. The van der Waals surface area contributed by atoms with Gasteiger partial charge < -0.3 is 20.3 Å². The number of ether oxygens (including phenoxy) is 1. The number of amides is 1. The summed E-state index contributed by atoms with van der Waals surface area (Å²) in [4.78, 5) is 24.6. The van der Waals surface area contributed by atoms with E-state index in [1.807, 2.05) is 6.08 Å². The predicted octanol–water partition coefficient (Wildman–Crippen LogP) is 23.1. The molecular formula is C73H139NO5. The van der Waals surface area contributed by atoms with Gasteiger partial charge in [-0.1, -0.05) is 352 Å². The molecule has 1 amide bonds. The lowest BCUT2D eigenvalue weighted by Gasteiger charge is -2.20. The van der Waals surface area contributed by atoms with Gasteiger partial charge in [0.1, 0.15) is 0 Å². The third-order valence-electron chi connectivity index (χ3n) is 16.7. The normalized spacial score (nSPS) is 12.7. The Balaban J connectivity index is 3.41. The Kier molecular flexibility index (Phi) is 66.9. The highest BCUT2D eigenvalue weighted by Gasteiger charge is 2.18. The quantitative estimate of drug-likeness (QED) is 0.0320. The van der Waals surface area contributed by atoms with Crippen molar-refractivity contribution in [3.63, 3.8) is 0 Å². The van der Waals surface area contributed by atoms with Crippen LogP contribution >= 0.6 is 0 Å². The molecule has 2 unspecified atom stereocenters. The first-order chi connectivity index (χ1) is 39.0. The fourth-order valence-electron chi connectivity index (χ4n) is 11.2. The van der Waals surface area contributed by atoms with E-state index in [0.29, 0.717) is 19.4 Å². The highest BCUT2D eigenvalue weighted by molar-refractivity contribution is 5.76. The number of carbonyl (C=O) groups excluding carboxylic acids is 2. The summed E-state index contributed by atoms with van der Waals surface area (Å²) in [5, 5.41) is 23.2. The van der Waals surface area contributed by atoms with Crippen molar-refractivity contribution in [1.29, 1.82) is 0 Å². The van der Waals surface area contributed by atoms with Gasteiger partial charge in [0.2, 0.25) is 5.91 Å². The number of nitrogens with one attached hydrogen (secondary N) is 1. The molecule has 0 radical (unpaired) electrons. The summed E-state index contributed by atoms with van der Waals surface area (Å²) in [6, 6.07) is -0.629. The van der Waals surface area contributed by atoms with Crippen LogP contribution in [-0.2, 0) is 14.3 Å². The zero-order valence-corrected chi connectivity index (χ0v) is 53.4. The van der Waals surface area contributed by atoms with Crippen molar-refractivity contribution in [2.75, 3.05) is 13.2 Å². The SMILES string of the molecule is CCCCCCCCCCCCCCCCC/C=C/C(O)C(CO)NC(=O)CCCCCCCCCCCCCCC/C=C\C/C=C\CCCCCCCCCCCOC(=O)CCCCCCCCCCCCCCCCCC. The smallest absolute Gasteiger partial charge is 0.305 e. The maximum atomic E-state index is 12.5. The van der Waals surface area contributed by atoms with Gasteiger partial charge in [-0.05, 0) is 64.2 Å². The molecule has 2 atom stereocenters. The topological polar surface area (TPSA) is 95.9 Å². The first-order valence-corrected chi connectivity index (χ1v) is 35.8. The Morgan fingerprint density at radius 1 is 0.354 bits per heavy atom. The Morgan fingerprint density at radius 3 is 0.962 bits per heavy atom. The van der Waals surface area contributed by atoms with Crippen molar-refractivity contribution in [3.8, 4) is 0 Å². The second kappa shape index (κ2) is 68.6. The lowest BCUT2D eigenvalue weighted by molar-refractivity contribution is -0.143. The van der Waals surface area contributed by atoms with Crippen LogP contribution < -0.4 is 5.32 Å². The van der Waals surface area contributed by atoms with Crippen LogP contribution in [0.15, 0.2) is 36.5 Å². The van der Waals surface area contributed by atoms with Gasteiger partial charge in [-0.25, -0.2) is 0 Å². The largest absolute Gasteiger partial charge is 0.466 e. The summed E-state index contributed by atoms with van der Waals surface area (Å²) >= 11 is 0. The number of hydrogen-bond acceptors (Lipinski definition) is 5. The molecule has 0 fully saturated rings. The molecule has 0 aliphatic rings. The van der Waals surface area contributed by atoms with Crippen LogP contribution in [0.2, 0.25) is 0 Å². The maximum Gasteiger partial charge on any atom is 0.305 e. The van der Waals surface area contributed by atoms with Gasteiger partial charge in [0.25, 0.3) is 0 Å². The minimum absolute atomic E-state index is 0.0156. The van der Waals surface area contributed by atoms with Gasteiger partial charge in [-0.2, -0.15) is 0 Å². The second-order valence-corrected chi connectivity index (χ2v) is 24.6. The van der Waals surface area contributed by atoms with Crippen LogP contribution in [0.4, 0.5) is 0 Å². The molecule has 0 aromatic rings.